The van der Waals surface area contributed by atoms with Gasteiger partial charge in [0, 0.05) is 17.0 Å². The van der Waals surface area contributed by atoms with Crippen molar-refractivity contribution in [1.29, 1.82) is 0 Å². The Balaban J connectivity index is 2.78. The smallest absolute Gasteiger partial charge is 0.221 e. The minimum Gasteiger partial charge on any atom is -0.496 e. The van der Waals surface area contributed by atoms with Crippen LogP contribution in [0.1, 0.15) is 25.3 Å². The van der Waals surface area contributed by atoms with Crippen molar-refractivity contribution < 1.29 is 9.47 Å². The number of fused-ring (bicyclic) bond motifs is 1. The zero-order valence-electron chi connectivity index (χ0n) is 10.7. The fourth-order valence-corrected chi connectivity index (χ4v) is 1.91. The maximum atomic E-state index is 5.43. The molecule has 17 heavy (non-hydrogen) atoms. The molecule has 2 aromatic rings. The van der Waals surface area contributed by atoms with Crippen LogP contribution in [-0.2, 0) is 0 Å². The minimum absolute atomic E-state index is 0.443. The highest BCUT2D eigenvalue weighted by molar-refractivity contribution is 5.92. The fraction of sp³-hybridized carbons (Fsp3) is 0.357. The summed E-state index contributed by atoms with van der Waals surface area (Å²) >= 11 is 0. The van der Waals surface area contributed by atoms with Crippen LogP contribution in [0.15, 0.2) is 24.4 Å². The average Bonchev–Trinajstić information content (AvgIpc) is 2.36. The molecule has 0 fully saturated rings. The molecular formula is C14H17NO2. The van der Waals surface area contributed by atoms with E-state index in [1.54, 1.807) is 20.4 Å². The lowest BCUT2D eigenvalue weighted by atomic mass is 9.99. The van der Waals surface area contributed by atoms with E-state index in [1.807, 2.05) is 6.07 Å². The Morgan fingerprint density at radius 1 is 1.06 bits per heavy atom. The van der Waals surface area contributed by atoms with E-state index in [9.17, 15) is 0 Å². The van der Waals surface area contributed by atoms with Crippen LogP contribution in [0.25, 0.3) is 10.8 Å². The molecule has 0 bridgehead atoms. The predicted molar refractivity (Wildman–Crippen MR) is 68.9 cm³/mol. The van der Waals surface area contributed by atoms with Crippen molar-refractivity contribution in [2.75, 3.05) is 14.2 Å². The fourth-order valence-electron chi connectivity index (χ4n) is 1.91. The van der Waals surface area contributed by atoms with Gasteiger partial charge in [-0.3, -0.25) is 0 Å². The third-order valence-electron chi connectivity index (χ3n) is 2.91. The average molecular weight is 231 g/mol. The molecule has 2 rings (SSSR count). The number of pyridine rings is 1. The highest BCUT2D eigenvalue weighted by atomic mass is 16.5. The summed E-state index contributed by atoms with van der Waals surface area (Å²) in [6.45, 7) is 4.31. The third kappa shape index (κ3) is 2.05. The molecule has 0 aliphatic rings. The standard InChI is InChI=1S/C14H17NO2/c1-9(2)10-7-12-11(13(8-10)16-3)5-6-15-14(12)17-4/h5-9H,1-4H3. The van der Waals surface area contributed by atoms with Crippen molar-refractivity contribution in [1.82, 2.24) is 4.98 Å². The maximum absolute atomic E-state index is 5.43. The molecule has 3 nitrogen and oxygen atoms in total. The highest BCUT2D eigenvalue weighted by Gasteiger charge is 2.11. The van der Waals surface area contributed by atoms with E-state index in [2.05, 4.69) is 31.0 Å². The van der Waals surface area contributed by atoms with Crippen LogP contribution in [-0.4, -0.2) is 19.2 Å². The largest absolute Gasteiger partial charge is 0.496 e. The maximum Gasteiger partial charge on any atom is 0.221 e. The Hall–Kier alpha value is -1.77. The molecule has 0 aliphatic heterocycles. The van der Waals surface area contributed by atoms with Gasteiger partial charge in [0.1, 0.15) is 5.75 Å². The van der Waals surface area contributed by atoms with Gasteiger partial charge in [0.2, 0.25) is 5.88 Å². The first-order valence-corrected chi connectivity index (χ1v) is 5.68. The molecule has 3 heteroatoms. The van der Waals surface area contributed by atoms with Crippen LogP contribution < -0.4 is 9.47 Å². The van der Waals surface area contributed by atoms with Crippen molar-refractivity contribution >= 4 is 10.8 Å². The van der Waals surface area contributed by atoms with Crippen LogP contribution in [0.3, 0.4) is 0 Å². The summed E-state index contributed by atoms with van der Waals surface area (Å²) in [5, 5.41) is 2.03. The Bertz CT molecular complexity index is 535. The quantitative estimate of drug-likeness (QED) is 0.811. The number of benzene rings is 1. The number of aromatic nitrogens is 1. The third-order valence-corrected chi connectivity index (χ3v) is 2.91. The number of rotatable bonds is 3. The summed E-state index contributed by atoms with van der Waals surface area (Å²) in [4.78, 5) is 4.22. The topological polar surface area (TPSA) is 31.4 Å². The number of nitrogens with zero attached hydrogens (tertiary/aromatic N) is 1. The van der Waals surface area contributed by atoms with E-state index in [-0.39, 0.29) is 0 Å². The molecule has 0 aliphatic carbocycles. The summed E-state index contributed by atoms with van der Waals surface area (Å²) in [5.74, 6) is 1.95. The van der Waals surface area contributed by atoms with Gasteiger partial charge in [0.25, 0.3) is 0 Å². The van der Waals surface area contributed by atoms with Crippen molar-refractivity contribution in [3.8, 4) is 11.6 Å². The normalized spacial score (nSPS) is 10.9. The molecule has 0 saturated heterocycles. The van der Waals surface area contributed by atoms with Crippen molar-refractivity contribution in [3.63, 3.8) is 0 Å². The second kappa shape index (κ2) is 4.62. The van der Waals surface area contributed by atoms with Gasteiger partial charge in [-0.15, -0.1) is 0 Å². The lowest BCUT2D eigenvalue weighted by molar-refractivity contribution is 0.402. The van der Waals surface area contributed by atoms with Crippen LogP contribution in [0, 0.1) is 0 Å². The zero-order chi connectivity index (χ0) is 12.4. The van der Waals surface area contributed by atoms with Gasteiger partial charge in [0.15, 0.2) is 0 Å². The lowest BCUT2D eigenvalue weighted by Gasteiger charge is -2.13. The van der Waals surface area contributed by atoms with Gasteiger partial charge in [-0.1, -0.05) is 13.8 Å². The molecule has 1 heterocycles. The Morgan fingerprint density at radius 3 is 2.41 bits per heavy atom. The van der Waals surface area contributed by atoms with Gasteiger partial charge < -0.3 is 9.47 Å². The van der Waals surface area contributed by atoms with Crippen LogP contribution in [0.4, 0.5) is 0 Å². The van der Waals surface area contributed by atoms with Crippen molar-refractivity contribution in [2.45, 2.75) is 19.8 Å². The van der Waals surface area contributed by atoms with Gasteiger partial charge in [-0.25, -0.2) is 4.98 Å². The van der Waals surface area contributed by atoms with Crippen LogP contribution in [0.5, 0.6) is 11.6 Å². The first kappa shape index (κ1) is 11.7. The van der Waals surface area contributed by atoms with E-state index in [0.717, 1.165) is 16.5 Å². The minimum atomic E-state index is 0.443. The van der Waals surface area contributed by atoms with Crippen LogP contribution in [0.2, 0.25) is 0 Å². The number of methoxy groups -OCH3 is 2. The molecule has 0 atom stereocenters. The molecular weight excluding hydrogens is 214 g/mol. The molecule has 0 saturated carbocycles. The second-order valence-corrected chi connectivity index (χ2v) is 4.29. The summed E-state index contributed by atoms with van der Waals surface area (Å²) in [6, 6.07) is 6.14. The van der Waals surface area contributed by atoms with E-state index in [0.29, 0.717) is 11.8 Å². The summed E-state index contributed by atoms with van der Waals surface area (Å²) in [5.41, 5.74) is 1.22. The van der Waals surface area contributed by atoms with E-state index < -0.39 is 0 Å². The van der Waals surface area contributed by atoms with E-state index in [4.69, 9.17) is 9.47 Å². The Labute approximate surface area is 101 Å². The Morgan fingerprint density at radius 2 is 1.82 bits per heavy atom. The summed E-state index contributed by atoms with van der Waals surface area (Å²) < 4.78 is 10.7. The molecule has 1 aromatic heterocycles. The van der Waals surface area contributed by atoms with Gasteiger partial charge in [-0.05, 0) is 29.7 Å². The molecule has 0 unspecified atom stereocenters. The van der Waals surface area contributed by atoms with Crippen LogP contribution >= 0.6 is 0 Å². The lowest BCUT2D eigenvalue weighted by Crippen LogP contribution is -1.95. The van der Waals surface area contributed by atoms with Crippen molar-refractivity contribution in [3.05, 3.63) is 30.0 Å². The molecule has 0 N–H and O–H groups in total. The molecule has 0 spiro atoms. The monoisotopic (exact) mass is 231 g/mol. The molecule has 1 aromatic carbocycles. The zero-order valence-corrected chi connectivity index (χ0v) is 10.7. The van der Waals surface area contributed by atoms with Gasteiger partial charge in [0.05, 0.1) is 14.2 Å². The highest BCUT2D eigenvalue weighted by Crippen LogP contribution is 2.34. The SMILES string of the molecule is COc1cc(C(C)C)cc2c(OC)nccc12. The molecule has 0 amide bonds. The van der Waals surface area contributed by atoms with E-state index in [1.165, 1.54) is 5.56 Å². The number of hydrogen-bond donors (Lipinski definition) is 0. The van der Waals surface area contributed by atoms with E-state index >= 15 is 0 Å². The Kier molecular flexibility index (Phi) is 3.18. The van der Waals surface area contributed by atoms with Crippen molar-refractivity contribution in [2.24, 2.45) is 0 Å². The summed E-state index contributed by atoms with van der Waals surface area (Å²) in [6.07, 6.45) is 1.73. The molecule has 90 valence electrons. The van der Waals surface area contributed by atoms with Gasteiger partial charge >= 0.3 is 0 Å². The predicted octanol–water partition coefficient (Wildman–Crippen LogP) is 3.38. The number of ether oxygens (including phenoxy) is 2. The number of hydrogen-bond acceptors (Lipinski definition) is 3. The second-order valence-electron chi connectivity index (χ2n) is 4.29. The summed E-state index contributed by atoms with van der Waals surface area (Å²) in [7, 11) is 3.32. The first-order chi connectivity index (χ1) is 8.17. The first-order valence-electron chi connectivity index (χ1n) is 5.68. The molecule has 0 radical (unpaired) electrons. The van der Waals surface area contributed by atoms with Gasteiger partial charge in [-0.2, -0.15) is 0 Å².